The number of alkyl halides is 4. The van der Waals surface area contributed by atoms with Gasteiger partial charge in [0.2, 0.25) is 5.96 Å². The van der Waals surface area contributed by atoms with E-state index in [0.29, 0.717) is 0 Å². The highest BCUT2D eigenvalue weighted by molar-refractivity contribution is 5.79. The van der Waals surface area contributed by atoms with Crippen molar-refractivity contribution in [3.8, 4) is 0 Å². The first kappa shape index (κ1) is 13.9. The molecule has 0 saturated heterocycles. The van der Waals surface area contributed by atoms with Gasteiger partial charge in [-0.05, 0) is 13.8 Å². The van der Waals surface area contributed by atoms with E-state index >= 15 is 0 Å². The Balaban J connectivity index is 4.33. The number of hydrazine groups is 1. The van der Waals surface area contributed by atoms with Crippen molar-refractivity contribution in [2.24, 2.45) is 10.8 Å². The molecule has 0 heterocycles. The highest BCUT2D eigenvalue weighted by atomic mass is 19.3. The number of aliphatic imine (C=N–C) groups is 1. The Kier molecular flexibility index (Phi) is 5.34. The molecule has 90 valence electrons. The molecule has 0 saturated carbocycles. The third-order valence-electron chi connectivity index (χ3n) is 1.33. The maximum atomic E-state index is 12.4. The fourth-order valence-electron chi connectivity index (χ4n) is 0.660. The van der Waals surface area contributed by atoms with Gasteiger partial charge in [0.05, 0.1) is 0 Å². The molecule has 0 spiro atoms. The molecule has 4 N–H and O–H groups in total. The van der Waals surface area contributed by atoms with Gasteiger partial charge in [0, 0.05) is 6.04 Å². The zero-order chi connectivity index (χ0) is 12.1. The van der Waals surface area contributed by atoms with Crippen LogP contribution in [0.3, 0.4) is 0 Å². The molecule has 0 aliphatic carbocycles. The van der Waals surface area contributed by atoms with Crippen LogP contribution in [0.4, 0.5) is 17.6 Å². The van der Waals surface area contributed by atoms with Crippen molar-refractivity contribution in [1.82, 2.24) is 10.7 Å². The lowest BCUT2D eigenvalue weighted by atomic mass is 10.3. The minimum absolute atomic E-state index is 0.0972. The number of nitrogens with one attached hydrogen (secondary N) is 2. The second kappa shape index (κ2) is 5.74. The van der Waals surface area contributed by atoms with Crippen LogP contribution in [0.2, 0.25) is 0 Å². The van der Waals surface area contributed by atoms with E-state index in [1.165, 1.54) is 0 Å². The van der Waals surface area contributed by atoms with Crippen molar-refractivity contribution in [3.05, 3.63) is 0 Å². The van der Waals surface area contributed by atoms with Crippen LogP contribution in [0.25, 0.3) is 0 Å². The summed E-state index contributed by atoms with van der Waals surface area (Å²) >= 11 is 0. The summed E-state index contributed by atoms with van der Waals surface area (Å²) < 4.78 is 48.3. The van der Waals surface area contributed by atoms with Gasteiger partial charge in [-0.3, -0.25) is 5.43 Å². The first-order chi connectivity index (χ1) is 6.79. The fraction of sp³-hybridized carbons (Fsp3) is 0.857. The molecular weight excluding hydrogens is 216 g/mol. The zero-order valence-corrected chi connectivity index (χ0v) is 8.40. The molecule has 0 aliphatic rings. The van der Waals surface area contributed by atoms with Crippen molar-refractivity contribution in [2.45, 2.75) is 32.2 Å². The molecule has 15 heavy (non-hydrogen) atoms. The number of nitrogens with zero attached hydrogens (tertiary/aromatic N) is 1. The molecule has 0 atom stereocenters. The molecule has 4 nitrogen and oxygen atoms in total. The highest BCUT2D eigenvalue weighted by Crippen LogP contribution is 2.22. The van der Waals surface area contributed by atoms with Crippen LogP contribution in [-0.2, 0) is 0 Å². The number of hydrogen-bond acceptors (Lipinski definition) is 2. The number of hydrogen-bond donors (Lipinski definition) is 3. The number of nitrogens with two attached hydrogens (primary N) is 1. The number of guanidine groups is 1. The second-order valence-electron chi connectivity index (χ2n) is 3.17. The lowest BCUT2D eigenvalue weighted by molar-refractivity contribution is -0.120. The van der Waals surface area contributed by atoms with Crippen molar-refractivity contribution in [1.29, 1.82) is 0 Å². The molecule has 0 aromatic rings. The lowest BCUT2D eigenvalue weighted by Gasteiger charge is -2.15. The monoisotopic (exact) mass is 230 g/mol. The van der Waals surface area contributed by atoms with Gasteiger partial charge in [-0.2, -0.15) is 8.78 Å². The quantitative estimate of drug-likeness (QED) is 0.219. The standard InChI is InChI=1S/C7H14F4N4/c1-4(2)14-6(15-12)13-3-7(10,11)5(8)9/h4-5H,3,12H2,1-2H3,(H2,13,14,15). The van der Waals surface area contributed by atoms with Gasteiger partial charge in [-0.25, -0.2) is 19.6 Å². The minimum atomic E-state index is -4.14. The third kappa shape index (κ3) is 5.40. The number of rotatable bonds is 4. The summed E-state index contributed by atoms with van der Waals surface area (Å²) in [6.07, 6.45) is -3.74. The first-order valence-corrected chi connectivity index (χ1v) is 4.23. The summed E-state index contributed by atoms with van der Waals surface area (Å²) in [4.78, 5) is 3.21. The maximum Gasteiger partial charge on any atom is 0.326 e. The average molecular weight is 230 g/mol. The molecule has 8 heteroatoms. The van der Waals surface area contributed by atoms with E-state index in [1.807, 2.05) is 5.43 Å². The minimum Gasteiger partial charge on any atom is -0.353 e. The summed E-state index contributed by atoms with van der Waals surface area (Å²) in [5.74, 6) is 0.665. The van der Waals surface area contributed by atoms with E-state index in [-0.39, 0.29) is 12.0 Å². The Labute approximate surface area is 84.9 Å². The van der Waals surface area contributed by atoms with Crippen LogP contribution in [0, 0.1) is 0 Å². The molecule has 0 unspecified atom stereocenters. The summed E-state index contributed by atoms with van der Waals surface area (Å²) in [6.45, 7) is 2.13. The SMILES string of the molecule is CC(C)NC(=NCC(F)(F)C(F)F)NN. The van der Waals surface area contributed by atoms with Crippen molar-refractivity contribution in [3.63, 3.8) is 0 Å². The van der Waals surface area contributed by atoms with Crippen LogP contribution in [0.1, 0.15) is 13.8 Å². The molecule has 0 rings (SSSR count). The summed E-state index contributed by atoms with van der Waals surface area (Å²) in [6, 6.07) is -0.0972. The summed E-state index contributed by atoms with van der Waals surface area (Å²) in [5.41, 5.74) is 2.01. The Morgan fingerprint density at radius 1 is 1.40 bits per heavy atom. The normalized spacial score (nSPS) is 13.5. The third-order valence-corrected chi connectivity index (χ3v) is 1.33. The van der Waals surface area contributed by atoms with E-state index in [2.05, 4.69) is 10.3 Å². The van der Waals surface area contributed by atoms with Crippen LogP contribution in [0.5, 0.6) is 0 Å². The van der Waals surface area contributed by atoms with Crippen molar-refractivity contribution < 1.29 is 17.6 Å². The Morgan fingerprint density at radius 3 is 2.27 bits per heavy atom. The summed E-state index contributed by atoms with van der Waals surface area (Å²) in [5, 5.41) is 2.58. The van der Waals surface area contributed by atoms with E-state index in [0.717, 1.165) is 0 Å². The molecule has 0 aromatic heterocycles. The zero-order valence-electron chi connectivity index (χ0n) is 8.40. The van der Waals surface area contributed by atoms with Crippen LogP contribution in [-0.4, -0.2) is 30.9 Å². The van der Waals surface area contributed by atoms with E-state index < -0.39 is 18.9 Å². The van der Waals surface area contributed by atoms with Crippen LogP contribution < -0.4 is 16.6 Å². The van der Waals surface area contributed by atoms with Gasteiger partial charge >= 0.3 is 12.3 Å². The van der Waals surface area contributed by atoms with Gasteiger partial charge in [0.1, 0.15) is 6.54 Å². The average Bonchev–Trinajstić information content (AvgIpc) is 2.11. The Morgan fingerprint density at radius 2 is 1.93 bits per heavy atom. The predicted octanol–water partition coefficient (Wildman–Crippen LogP) is 0.704. The highest BCUT2D eigenvalue weighted by Gasteiger charge is 2.40. The van der Waals surface area contributed by atoms with Crippen LogP contribution >= 0.6 is 0 Å². The van der Waals surface area contributed by atoms with Crippen molar-refractivity contribution >= 4 is 5.96 Å². The van der Waals surface area contributed by atoms with E-state index in [1.54, 1.807) is 13.8 Å². The molecule has 0 fully saturated rings. The van der Waals surface area contributed by atoms with Gasteiger partial charge in [-0.15, -0.1) is 0 Å². The Bertz CT molecular complexity index is 217. The largest absolute Gasteiger partial charge is 0.353 e. The first-order valence-electron chi connectivity index (χ1n) is 4.23. The maximum absolute atomic E-state index is 12.4. The molecule has 0 aromatic carbocycles. The summed E-state index contributed by atoms with van der Waals surface area (Å²) in [7, 11) is 0. The smallest absolute Gasteiger partial charge is 0.326 e. The molecule has 0 aliphatic heterocycles. The van der Waals surface area contributed by atoms with Crippen LogP contribution in [0.15, 0.2) is 4.99 Å². The second-order valence-corrected chi connectivity index (χ2v) is 3.17. The Hall–Kier alpha value is -1.05. The number of halogens is 4. The topological polar surface area (TPSA) is 62.4 Å². The van der Waals surface area contributed by atoms with Gasteiger partial charge in [0.15, 0.2) is 0 Å². The predicted molar refractivity (Wildman–Crippen MR) is 48.8 cm³/mol. The fourth-order valence-corrected chi connectivity index (χ4v) is 0.660. The van der Waals surface area contributed by atoms with E-state index in [9.17, 15) is 17.6 Å². The lowest BCUT2D eigenvalue weighted by Crippen LogP contribution is -2.45. The van der Waals surface area contributed by atoms with E-state index in [4.69, 9.17) is 5.84 Å². The van der Waals surface area contributed by atoms with Crippen molar-refractivity contribution in [2.75, 3.05) is 6.54 Å². The molecule has 0 radical (unpaired) electrons. The van der Waals surface area contributed by atoms with Gasteiger partial charge in [0.25, 0.3) is 0 Å². The molecular formula is C7H14F4N4. The molecule has 0 amide bonds. The van der Waals surface area contributed by atoms with Gasteiger partial charge < -0.3 is 5.32 Å². The molecule has 0 bridgehead atoms. The van der Waals surface area contributed by atoms with Gasteiger partial charge in [-0.1, -0.05) is 0 Å².